The predicted molar refractivity (Wildman–Crippen MR) is 151 cm³/mol. The Hall–Kier alpha value is -3.24. The molecular formula is C34H38O3. The smallest absolute Gasteiger partial charge is 0.107 e. The van der Waals surface area contributed by atoms with Gasteiger partial charge in [0.2, 0.25) is 0 Å². The van der Waals surface area contributed by atoms with Crippen molar-refractivity contribution in [3.05, 3.63) is 143 Å². The Morgan fingerprint density at radius 1 is 0.459 bits per heavy atom. The van der Waals surface area contributed by atoms with Crippen LogP contribution >= 0.6 is 0 Å². The first kappa shape index (κ1) is 26.8. The van der Waals surface area contributed by atoms with Gasteiger partial charge in [0.15, 0.2) is 0 Å². The van der Waals surface area contributed by atoms with Gasteiger partial charge in [0.1, 0.15) is 12.2 Å². The summed E-state index contributed by atoms with van der Waals surface area (Å²) in [6.45, 7) is 0.964. The number of rotatable bonds is 14. The van der Waals surface area contributed by atoms with Crippen LogP contribution in [0.15, 0.2) is 109 Å². The van der Waals surface area contributed by atoms with Crippen LogP contribution < -0.4 is 0 Å². The quantitative estimate of drug-likeness (QED) is 0.183. The third-order valence-corrected chi connectivity index (χ3v) is 6.70. The number of hydrogen-bond acceptors (Lipinski definition) is 3. The molecule has 3 heteroatoms. The summed E-state index contributed by atoms with van der Waals surface area (Å²) in [5.74, 6) is 0. The zero-order valence-electron chi connectivity index (χ0n) is 22.0. The molecule has 0 aliphatic heterocycles. The van der Waals surface area contributed by atoms with E-state index in [9.17, 15) is 0 Å². The second-order valence-corrected chi connectivity index (χ2v) is 9.49. The molecule has 0 saturated heterocycles. The van der Waals surface area contributed by atoms with E-state index in [2.05, 4.69) is 109 Å². The molecule has 0 fully saturated rings. The number of hydrogen-bond donors (Lipinski definition) is 0. The summed E-state index contributed by atoms with van der Waals surface area (Å²) in [6.07, 6.45) is 3.64. The van der Waals surface area contributed by atoms with Crippen LogP contribution in [0.1, 0.15) is 45.6 Å². The highest BCUT2D eigenvalue weighted by Crippen LogP contribution is 2.29. The third-order valence-electron chi connectivity index (χ3n) is 6.70. The SMILES string of the molecule is COCC(OC(COC)c1cccc(CCc2ccccc2)c1)c1cccc(CCc2ccccc2)c1. The number of ether oxygens (including phenoxy) is 3. The van der Waals surface area contributed by atoms with Crippen molar-refractivity contribution in [2.75, 3.05) is 27.4 Å². The van der Waals surface area contributed by atoms with Gasteiger partial charge in [-0.25, -0.2) is 0 Å². The van der Waals surface area contributed by atoms with Gasteiger partial charge in [0.05, 0.1) is 13.2 Å². The Morgan fingerprint density at radius 2 is 0.838 bits per heavy atom. The molecule has 0 amide bonds. The molecule has 0 spiro atoms. The number of aryl methyl sites for hydroxylation is 4. The summed E-state index contributed by atoms with van der Waals surface area (Å²) >= 11 is 0. The van der Waals surface area contributed by atoms with E-state index in [-0.39, 0.29) is 12.2 Å². The van der Waals surface area contributed by atoms with E-state index < -0.39 is 0 Å². The molecule has 0 aliphatic carbocycles. The topological polar surface area (TPSA) is 27.7 Å². The summed E-state index contributed by atoms with van der Waals surface area (Å²) in [6, 6.07) is 38.7. The maximum Gasteiger partial charge on any atom is 0.107 e. The molecule has 0 saturated carbocycles. The molecule has 2 atom stereocenters. The van der Waals surface area contributed by atoms with Gasteiger partial charge in [0.25, 0.3) is 0 Å². The van der Waals surface area contributed by atoms with Gasteiger partial charge < -0.3 is 14.2 Å². The van der Waals surface area contributed by atoms with Crippen molar-refractivity contribution < 1.29 is 14.2 Å². The molecule has 0 aliphatic rings. The van der Waals surface area contributed by atoms with Crippen molar-refractivity contribution in [1.82, 2.24) is 0 Å². The van der Waals surface area contributed by atoms with Crippen molar-refractivity contribution in [2.24, 2.45) is 0 Å². The fourth-order valence-corrected chi connectivity index (χ4v) is 4.69. The van der Waals surface area contributed by atoms with E-state index in [1.54, 1.807) is 14.2 Å². The Bertz CT molecular complexity index is 1090. The first-order valence-electron chi connectivity index (χ1n) is 13.1. The lowest BCUT2D eigenvalue weighted by atomic mass is 9.99. The fraction of sp³-hybridized carbons (Fsp3) is 0.294. The van der Waals surface area contributed by atoms with Crippen LogP contribution in [0.3, 0.4) is 0 Å². The molecule has 0 aromatic heterocycles. The second kappa shape index (κ2) is 14.5. The fourth-order valence-electron chi connectivity index (χ4n) is 4.69. The summed E-state index contributed by atoms with van der Waals surface area (Å²) in [4.78, 5) is 0. The average molecular weight is 495 g/mol. The van der Waals surface area contributed by atoms with E-state index in [1.807, 2.05) is 0 Å². The largest absolute Gasteiger partial charge is 0.382 e. The first-order valence-corrected chi connectivity index (χ1v) is 13.1. The molecule has 2 unspecified atom stereocenters. The van der Waals surface area contributed by atoms with Gasteiger partial charge in [-0.15, -0.1) is 0 Å². The van der Waals surface area contributed by atoms with Crippen LogP contribution in [0.5, 0.6) is 0 Å². The molecule has 37 heavy (non-hydrogen) atoms. The molecule has 0 radical (unpaired) electrons. The van der Waals surface area contributed by atoms with Crippen LogP contribution in [0.25, 0.3) is 0 Å². The zero-order chi connectivity index (χ0) is 25.7. The molecule has 0 N–H and O–H groups in total. The van der Waals surface area contributed by atoms with Crippen LogP contribution in [0, 0.1) is 0 Å². The maximum atomic E-state index is 6.69. The van der Waals surface area contributed by atoms with Crippen LogP contribution in [0.4, 0.5) is 0 Å². The van der Waals surface area contributed by atoms with Gasteiger partial charge in [-0.1, -0.05) is 109 Å². The van der Waals surface area contributed by atoms with Gasteiger partial charge in [-0.2, -0.15) is 0 Å². The average Bonchev–Trinajstić information content (AvgIpc) is 2.96. The minimum Gasteiger partial charge on any atom is -0.382 e. The summed E-state index contributed by atoms with van der Waals surface area (Å²) < 4.78 is 17.9. The highest BCUT2D eigenvalue weighted by Gasteiger charge is 2.21. The molecule has 4 aromatic rings. The van der Waals surface area contributed by atoms with E-state index in [4.69, 9.17) is 14.2 Å². The van der Waals surface area contributed by atoms with Gasteiger partial charge >= 0.3 is 0 Å². The van der Waals surface area contributed by atoms with Gasteiger partial charge in [-0.3, -0.25) is 0 Å². The summed E-state index contributed by atoms with van der Waals surface area (Å²) in [5, 5.41) is 0. The van der Waals surface area contributed by atoms with E-state index in [0.29, 0.717) is 13.2 Å². The lowest BCUT2D eigenvalue weighted by Crippen LogP contribution is -2.18. The van der Waals surface area contributed by atoms with Gasteiger partial charge in [0, 0.05) is 14.2 Å². The predicted octanol–water partition coefficient (Wildman–Crippen LogP) is 7.35. The first-order chi connectivity index (χ1) is 18.2. The van der Waals surface area contributed by atoms with E-state index >= 15 is 0 Å². The van der Waals surface area contributed by atoms with Crippen molar-refractivity contribution in [1.29, 1.82) is 0 Å². The summed E-state index contributed by atoms with van der Waals surface area (Å²) in [5.41, 5.74) is 7.58. The van der Waals surface area contributed by atoms with Gasteiger partial charge in [-0.05, 0) is 59.1 Å². The Balaban J connectivity index is 1.46. The van der Waals surface area contributed by atoms with Crippen LogP contribution in [-0.4, -0.2) is 27.4 Å². The number of benzene rings is 4. The second-order valence-electron chi connectivity index (χ2n) is 9.49. The molecule has 0 bridgehead atoms. The molecule has 3 nitrogen and oxygen atoms in total. The molecule has 4 aromatic carbocycles. The van der Waals surface area contributed by atoms with Crippen molar-refractivity contribution >= 4 is 0 Å². The maximum absolute atomic E-state index is 6.69. The third kappa shape index (κ3) is 8.40. The normalized spacial score (nSPS) is 12.8. The minimum atomic E-state index is -0.185. The van der Waals surface area contributed by atoms with Crippen LogP contribution in [0.2, 0.25) is 0 Å². The summed E-state index contributed by atoms with van der Waals surface area (Å²) in [7, 11) is 3.45. The lowest BCUT2D eigenvalue weighted by molar-refractivity contribution is -0.0776. The minimum absolute atomic E-state index is 0.185. The molecular weight excluding hydrogens is 456 g/mol. The van der Waals surface area contributed by atoms with E-state index in [1.165, 1.54) is 22.3 Å². The van der Waals surface area contributed by atoms with Crippen LogP contribution in [-0.2, 0) is 39.9 Å². The van der Waals surface area contributed by atoms with Crippen molar-refractivity contribution in [3.63, 3.8) is 0 Å². The Morgan fingerprint density at radius 3 is 1.24 bits per heavy atom. The van der Waals surface area contributed by atoms with Crippen molar-refractivity contribution in [3.8, 4) is 0 Å². The van der Waals surface area contributed by atoms with Crippen molar-refractivity contribution in [2.45, 2.75) is 37.9 Å². The standard InChI is InChI=1S/C34H38O3/c1-35-25-33(31-17-9-15-29(23-31)21-19-27-11-5-3-6-12-27)37-34(26-36-2)32-18-10-16-30(24-32)22-20-28-13-7-4-8-14-28/h3-18,23-24,33-34H,19-22,25-26H2,1-2H3. The zero-order valence-corrected chi connectivity index (χ0v) is 22.0. The highest BCUT2D eigenvalue weighted by molar-refractivity contribution is 5.29. The lowest BCUT2D eigenvalue weighted by Gasteiger charge is -2.26. The van der Waals surface area contributed by atoms with E-state index in [0.717, 1.165) is 36.8 Å². The number of methoxy groups -OCH3 is 2. The molecule has 4 rings (SSSR count). The molecule has 192 valence electrons. The Labute approximate surface area is 222 Å². The molecule has 0 heterocycles. The monoisotopic (exact) mass is 494 g/mol. The highest BCUT2D eigenvalue weighted by atomic mass is 16.6. The Kier molecular flexibility index (Phi) is 10.5.